The summed E-state index contributed by atoms with van der Waals surface area (Å²) in [6.07, 6.45) is 0. The average Bonchev–Trinajstić information content (AvgIpc) is 1.83. The van der Waals surface area contributed by atoms with Crippen LogP contribution in [0.4, 0.5) is 4.39 Å². The van der Waals surface area contributed by atoms with E-state index in [0.29, 0.717) is 0 Å². The van der Waals surface area contributed by atoms with E-state index >= 15 is 0 Å². The van der Waals surface area contributed by atoms with E-state index < -0.39 is 12.1 Å². The first-order valence-electron chi connectivity index (χ1n) is 2.15. The van der Waals surface area contributed by atoms with E-state index in [1.165, 1.54) is 0 Å². The van der Waals surface area contributed by atoms with Gasteiger partial charge >= 0.3 is 0 Å². The highest BCUT2D eigenvalue weighted by molar-refractivity contribution is 6.21. The lowest BCUT2D eigenvalue weighted by molar-refractivity contribution is 0.171. The maximum absolute atomic E-state index is 11.5. The van der Waals surface area contributed by atoms with Crippen LogP contribution in [0, 0.1) is 0 Å². The summed E-state index contributed by atoms with van der Waals surface area (Å²) in [5.41, 5.74) is 0. The Kier molecular flexibility index (Phi) is 5.93. The van der Waals surface area contributed by atoms with Crippen LogP contribution in [0.2, 0.25) is 0 Å². The first kappa shape index (κ1) is 8.47. The molecule has 0 fully saturated rings. The van der Waals surface area contributed by atoms with E-state index in [4.69, 9.17) is 23.2 Å². The van der Waals surface area contributed by atoms with Crippen molar-refractivity contribution < 1.29 is 9.13 Å². The maximum atomic E-state index is 11.5. The Bertz CT molecular complexity index is 53.3. The molecule has 0 bridgehead atoms. The highest BCUT2D eigenvalue weighted by Crippen LogP contribution is 1.96. The molecule has 0 aliphatic carbocycles. The molecule has 0 aliphatic heterocycles. The summed E-state index contributed by atoms with van der Waals surface area (Å²) in [4.78, 5) is 0. The van der Waals surface area contributed by atoms with Gasteiger partial charge < -0.3 is 4.74 Å². The fraction of sp³-hybridized carbons (Fsp3) is 1.00. The summed E-state index contributed by atoms with van der Waals surface area (Å²) in [5.74, 6) is 0. The third-order valence-electron chi connectivity index (χ3n) is 0.543. The molecule has 1 unspecified atom stereocenters. The van der Waals surface area contributed by atoms with Crippen LogP contribution in [0.15, 0.2) is 0 Å². The molecule has 0 spiro atoms. The fourth-order valence-electron chi connectivity index (χ4n) is 0.217. The van der Waals surface area contributed by atoms with Crippen molar-refractivity contribution >= 4 is 23.2 Å². The van der Waals surface area contributed by atoms with E-state index in [-0.39, 0.29) is 12.7 Å². The lowest BCUT2D eigenvalue weighted by atomic mass is 10.5. The van der Waals surface area contributed by atoms with E-state index in [1.54, 1.807) is 0 Å². The number of hydrogen-bond acceptors (Lipinski definition) is 1. The van der Waals surface area contributed by atoms with Gasteiger partial charge in [-0.2, -0.15) is 0 Å². The molecule has 0 N–H and O–H groups in total. The maximum Gasteiger partial charge on any atom is 0.120 e. The van der Waals surface area contributed by atoms with Crippen LogP contribution in [0.1, 0.15) is 0 Å². The number of alkyl halides is 3. The summed E-state index contributed by atoms with van der Waals surface area (Å²) in [6, 6.07) is 0.0726. The fourth-order valence-corrected chi connectivity index (χ4v) is 0.395. The standard InChI is InChI=1S/C4H7Cl2FO/c5-3-8-2-4(6)1-7/h4H,1-3H2. The molecule has 0 saturated carbocycles. The van der Waals surface area contributed by atoms with Crippen LogP contribution in [0.5, 0.6) is 0 Å². The Balaban J connectivity index is 2.86. The molecule has 0 aliphatic rings. The predicted molar refractivity (Wildman–Crippen MR) is 32.3 cm³/mol. The Morgan fingerprint density at radius 3 is 2.62 bits per heavy atom. The van der Waals surface area contributed by atoms with Crippen LogP contribution >= 0.6 is 23.2 Å². The largest absolute Gasteiger partial charge is 0.364 e. The topological polar surface area (TPSA) is 9.23 Å². The van der Waals surface area contributed by atoms with Gasteiger partial charge in [-0.3, -0.25) is 0 Å². The predicted octanol–water partition coefficient (Wildman–Crippen LogP) is 1.78. The minimum atomic E-state index is -0.571. The van der Waals surface area contributed by atoms with Gasteiger partial charge in [0.2, 0.25) is 0 Å². The lowest BCUT2D eigenvalue weighted by Gasteiger charge is -2.01. The van der Waals surface area contributed by atoms with Crippen molar-refractivity contribution in [2.45, 2.75) is 5.38 Å². The van der Waals surface area contributed by atoms with Gasteiger partial charge in [0.1, 0.15) is 12.7 Å². The van der Waals surface area contributed by atoms with E-state index in [2.05, 4.69) is 4.74 Å². The third kappa shape index (κ3) is 4.62. The first-order valence-corrected chi connectivity index (χ1v) is 3.12. The Hall–Kier alpha value is 0.470. The molecule has 0 saturated heterocycles. The SMILES string of the molecule is FCC(Cl)COCCl. The van der Waals surface area contributed by atoms with Crippen LogP contribution in [0.3, 0.4) is 0 Å². The normalized spacial score (nSPS) is 13.9. The van der Waals surface area contributed by atoms with Crippen LogP contribution in [-0.2, 0) is 4.74 Å². The molecule has 1 nitrogen and oxygen atoms in total. The lowest BCUT2D eigenvalue weighted by Crippen LogP contribution is -2.09. The van der Waals surface area contributed by atoms with Gasteiger partial charge in [0, 0.05) is 0 Å². The zero-order chi connectivity index (χ0) is 6.41. The van der Waals surface area contributed by atoms with Crippen molar-refractivity contribution in [3.63, 3.8) is 0 Å². The van der Waals surface area contributed by atoms with Crippen LogP contribution in [0.25, 0.3) is 0 Å². The van der Waals surface area contributed by atoms with Gasteiger partial charge in [-0.15, -0.1) is 11.6 Å². The number of hydrogen-bond donors (Lipinski definition) is 0. The highest BCUT2D eigenvalue weighted by atomic mass is 35.5. The zero-order valence-electron chi connectivity index (χ0n) is 4.24. The summed E-state index contributed by atoms with van der Waals surface area (Å²) < 4.78 is 16.0. The summed E-state index contributed by atoms with van der Waals surface area (Å²) in [7, 11) is 0. The van der Waals surface area contributed by atoms with Crippen LogP contribution < -0.4 is 0 Å². The van der Waals surface area contributed by atoms with E-state index in [9.17, 15) is 4.39 Å². The summed E-state index contributed by atoms with van der Waals surface area (Å²) in [6.45, 7) is -0.389. The minimum absolute atomic E-state index is 0.0726. The van der Waals surface area contributed by atoms with Gasteiger partial charge in [-0.05, 0) is 0 Å². The Morgan fingerprint density at radius 2 is 2.25 bits per heavy atom. The molecule has 50 valence electrons. The summed E-state index contributed by atoms with van der Waals surface area (Å²) in [5, 5.41) is -0.547. The number of halogens is 3. The molecule has 0 radical (unpaired) electrons. The van der Waals surface area contributed by atoms with E-state index in [0.717, 1.165) is 0 Å². The summed E-state index contributed by atoms with van der Waals surface area (Å²) >= 11 is 10.4. The number of ether oxygens (including phenoxy) is 1. The van der Waals surface area contributed by atoms with Gasteiger partial charge in [0.25, 0.3) is 0 Å². The van der Waals surface area contributed by atoms with E-state index in [1.807, 2.05) is 0 Å². The second-order valence-corrected chi connectivity index (χ2v) is 2.07. The molecule has 1 atom stereocenters. The first-order chi connectivity index (χ1) is 3.81. The Morgan fingerprint density at radius 1 is 1.62 bits per heavy atom. The molecule has 0 rings (SSSR count). The van der Waals surface area contributed by atoms with Crippen molar-refractivity contribution in [1.82, 2.24) is 0 Å². The molecule has 0 aromatic carbocycles. The quantitative estimate of drug-likeness (QED) is 0.571. The van der Waals surface area contributed by atoms with Gasteiger partial charge in [0.15, 0.2) is 0 Å². The van der Waals surface area contributed by atoms with Crippen LogP contribution in [-0.4, -0.2) is 24.7 Å². The van der Waals surface area contributed by atoms with Gasteiger partial charge in [-0.1, -0.05) is 11.6 Å². The molecular formula is C4H7Cl2FO. The van der Waals surface area contributed by atoms with Gasteiger partial charge in [0.05, 0.1) is 12.0 Å². The van der Waals surface area contributed by atoms with Crippen molar-refractivity contribution in [3.8, 4) is 0 Å². The Labute approximate surface area is 57.7 Å². The third-order valence-corrected chi connectivity index (χ3v) is 0.940. The zero-order valence-corrected chi connectivity index (χ0v) is 5.75. The molecule has 4 heteroatoms. The molecule has 0 aromatic rings. The molecule has 0 amide bonds. The van der Waals surface area contributed by atoms with Crippen molar-refractivity contribution in [3.05, 3.63) is 0 Å². The molecule has 0 aromatic heterocycles. The molecule has 0 heterocycles. The smallest absolute Gasteiger partial charge is 0.120 e. The number of rotatable bonds is 4. The highest BCUT2D eigenvalue weighted by Gasteiger charge is 2.00. The monoisotopic (exact) mass is 160 g/mol. The minimum Gasteiger partial charge on any atom is -0.364 e. The van der Waals surface area contributed by atoms with Crippen molar-refractivity contribution in [2.75, 3.05) is 19.3 Å². The molecular weight excluding hydrogens is 154 g/mol. The van der Waals surface area contributed by atoms with Gasteiger partial charge in [-0.25, -0.2) is 4.39 Å². The molecule has 8 heavy (non-hydrogen) atoms. The second kappa shape index (κ2) is 5.60. The average molecular weight is 161 g/mol. The second-order valence-electron chi connectivity index (χ2n) is 1.23. The van der Waals surface area contributed by atoms with Crippen molar-refractivity contribution in [1.29, 1.82) is 0 Å². The van der Waals surface area contributed by atoms with Crippen molar-refractivity contribution in [2.24, 2.45) is 0 Å².